The van der Waals surface area contributed by atoms with Crippen LogP contribution in [0.25, 0.3) is 0 Å². The Hall–Kier alpha value is 0.870. The Bertz CT molecular complexity index is 766. The second kappa shape index (κ2) is 9.31. The first-order valence-electron chi connectivity index (χ1n) is 13.6. The number of quaternary nitrogens is 2. The molecule has 0 N–H and O–H groups in total. The molecule has 5 aliphatic rings. The van der Waals surface area contributed by atoms with E-state index in [9.17, 15) is 5.26 Å². The molecule has 5 fully saturated rings. The number of rotatable bonds is 2. The Labute approximate surface area is 238 Å². The Balaban J connectivity index is 0.00000153. The van der Waals surface area contributed by atoms with Gasteiger partial charge in [-0.2, -0.15) is 5.26 Å². The molecule has 0 bridgehead atoms. The number of nitrogens with zero attached hydrogens (tertiary/aromatic N) is 3. The molecule has 4 aliphatic carbocycles. The van der Waals surface area contributed by atoms with Gasteiger partial charge in [0.2, 0.25) is 0 Å². The van der Waals surface area contributed by atoms with Crippen LogP contribution in [0.3, 0.4) is 0 Å². The molecule has 8 atom stereocenters. The van der Waals surface area contributed by atoms with E-state index in [4.69, 9.17) is 0 Å². The van der Waals surface area contributed by atoms with Gasteiger partial charge in [-0.3, -0.25) is 0 Å². The molecule has 3 nitrogen and oxygen atoms in total. The summed E-state index contributed by atoms with van der Waals surface area (Å²) in [5, 5.41) is 10.7. The maximum Gasteiger partial charge on any atom is 0.0941 e. The van der Waals surface area contributed by atoms with Crippen molar-refractivity contribution in [1.29, 1.82) is 5.26 Å². The fraction of sp³-hybridized carbons (Fsp3) is 0.964. The molecule has 0 spiro atoms. The lowest BCUT2D eigenvalue weighted by Gasteiger charge is -2.64. The zero-order valence-electron chi connectivity index (χ0n) is 22.2. The molecule has 190 valence electrons. The van der Waals surface area contributed by atoms with Crippen molar-refractivity contribution in [2.24, 2.45) is 34.0 Å². The van der Waals surface area contributed by atoms with Gasteiger partial charge in [0.15, 0.2) is 0 Å². The minimum absolute atomic E-state index is 0. The van der Waals surface area contributed by atoms with Gasteiger partial charge in [0, 0.05) is 37.5 Å². The summed E-state index contributed by atoms with van der Waals surface area (Å²) < 4.78 is 2.39. The summed E-state index contributed by atoms with van der Waals surface area (Å²) in [5.74, 6) is 2.55. The Morgan fingerprint density at radius 1 is 0.848 bits per heavy atom. The maximum absolute atomic E-state index is 10.7. The van der Waals surface area contributed by atoms with Crippen LogP contribution in [0.15, 0.2) is 0 Å². The standard InChI is InChI=1S/C28H49N3.2HI/c1-26-14-13-24-22(23(26)9-10-25(26)30(3,4)5)12-16-28(20-29)19-21(11-15-27(24,28)2)31(6)17-7-8-18-31;;/h21-25H,7-19H2,1-6H3;2*1H/q+2;;/p-2/t21?,22-,23-,24-,25-,26-,27+,28-;;/m0../s1. The predicted octanol–water partition coefficient (Wildman–Crippen LogP) is -0.385. The van der Waals surface area contributed by atoms with Crippen molar-refractivity contribution in [2.75, 3.05) is 41.3 Å². The number of likely N-dealkylation sites (tertiary alicyclic amines) is 1. The topological polar surface area (TPSA) is 23.8 Å². The second-order valence-electron chi connectivity index (χ2n) is 14.3. The minimum atomic E-state index is -0.0627. The molecule has 0 aromatic rings. The molecule has 0 aromatic carbocycles. The van der Waals surface area contributed by atoms with Crippen LogP contribution in [-0.4, -0.2) is 62.3 Å². The molecule has 0 radical (unpaired) electrons. The molecule has 33 heavy (non-hydrogen) atoms. The quantitative estimate of drug-likeness (QED) is 0.288. The van der Waals surface area contributed by atoms with E-state index in [1.165, 1.54) is 88.2 Å². The van der Waals surface area contributed by atoms with E-state index in [-0.39, 0.29) is 58.8 Å². The molecule has 1 unspecified atom stereocenters. The van der Waals surface area contributed by atoms with Gasteiger partial charge < -0.3 is 56.9 Å². The molecular weight excluding hydrogens is 632 g/mol. The smallest absolute Gasteiger partial charge is 0.0941 e. The normalized spacial score (nSPS) is 48.3. The fourth-order valence-electron chi connectivity index (χ4n) is 10.7. The summed E-state index contributed by atoms with van der Waals surface area (Å²) >= 11 is 0. The molecule has 1 heterocycles. The molecule has 4 saturated carbocycles. The van der Waals surface area contributed by atoms with Crippen LogP contribution >= 0.6 is 0 Å². The third-order valence-electron chi connectivity index (χ3n) is 12.4. The molecular formula is C28H49I2N3. The Kier molecular flexibility index (Phi) is 8.03. The van der Waals surface area contributed by atoms with E-state index in [1.54, 1.807) is 0 Å². The van der Waals surface area contributed by atoms with Crippen LogP contribution in [0.4, 0.5) is 0 Å². The van der Waals surface area contributed by atoms with Crippen molar-refractivity contribution in [3.63, 3.8) is 0 Å². The van der Waals surface area contributed by atoms with E-state index in [2.05, 4.69) is 48.1 Å². The highest BCUT2D eigenvalue weighted by atomic mass is 127. The van der Waals surface area contributed by atoms with E-state index in [0.717, 1.165) is 34.3 Å². The van der Waals surface area contributed by atoms with Gasteiger partial charge >= 0.3 is 0 Å². The third kappa shape index (κ3) is 4.06. The van der Waals surface area contributed by atoms with Crippen LogP contribution < -0.4 is 48.0 Å². The van der Waals surface area contributed by atoms with Crippen LogP contribution in [0.1, 0.15) is 84.5 Å². The average Bonchev–Trinajstić information content (AvgIpc) is 3.31. The van der Waals surface area contributed by atoms with E-state index < -0.39 is 0 Å². The van der Waals surface area contributed by atoms with Crippen LogP contribution in [0, 0.1) is 45.3 Å². The van der Waals surface area contributed by atoms with Crippen molar-refractivity contribution in [1.82, 2.24) is 0 Å². The van der Waals surface area contributed by atoms with Gasteiger partial charge in [0.25, 0.3) is 0 Å². The fourth-order valence-corrected chi connectivity index (χ4v) is 10.7. The first kappa shape index (κ1) is 28.4. The minimum Gasteiger partial charge on any atom is -1.00 e. The summed E-state index contributed by atoms with van der Waals surface area (Å²) in [4.78, 5) is 0. The highest BCUT2D eigenvalue weighted by Crippen LogP contribution is 2.70. The lowest BCUT2D eigenvalue weighted by molar-refractivity contribution is -0.924. The lowest BCUT2D eigenvalue weighted by Crippen LogP contribution is -3.00. The lowest BCUT2D eigenvalue weighted by atomic mass is 9.40. The number of halogens is 2. The molecule has 1 aliphatic heterocycles. The first-order chi connectivity index (χ1) is 14.5. The Morgan fingerprint density at radius 2 is 1.52 bits per heavy atom. The van der Waals surface area contributed by atoms with Crippen molar-refractivity contribution in [3.05, 3.63) is 0 Å². The predicted molar refractivity (Wildman–Crippen MR) is 127 cm³/mol. The first-order valence-corrected chi connectivity index (χ1v) is 13.6. The number of nitriles is 1. The maximum atomic E-state index is 10.7. The molecule has 5 heteroatoms. The highest BCUT2D eigenvalue weighted by molar-refractivity contribution is 5.20. The number of hydrogen-bond acceptors (Lipinski definition) is 1. The van der Waals surface area contributed by atoms with Crippen LogP contribution in [-0.2, 0) is 0 Å². The van der Waals surface area contributed by atoms with E-state index >= 15 is 0 Å². The largest absolute Gasteiger partial charge is 1.00 e. The Morgan fingerprint density at radius 3 is 2.12 bits per heavy atom. The van der Waals surface area contributed by atoms with Gasteiger partial charge in [-0.05, 0) is 61.7 Å². The highest BCUT2D eigenvalue weighted by Gasteiger charge is 2.67. The van der Waals surface area contributed by atoms with Gasteiger partial charge in [-0.15, -0.1) is 0 Å². The summed E-state index contributed by atoms with van der Waals surface area (Å²) in [6.07, 6.45) is 14.8. The van der Waals surface area contributed by atoms with Gasteiger partial charge in [-0.25, -0.2) is 0 Å². The van der Waals surface area contributed by atoms with Crippen molar-refractivity contribution >= 4 is 0 Å². The molecule has 1 saturated heterocycles. The summed E-state index contributed by atoms with van der Waals surface area (Å²) in [5.41, 5.74) is 0.691. The average molecular weight is 682 g/mol. The summed E-state index contributed by atoms with van der Waals surface area (Å²) in [6, 6.07) is 4.59. The van der Waals surface area contributed by atoms with Crippen molar-refractivity contribution in [2.45, 2.75) is 96.6 Å². The van der Waals surface area contributed by atoms with Crippen LogP contribution in [0.2, 0.25) is 0 Å². The molecule has 0 amide bonds. The monoisotopic (exact) mass is 681 g/mol. The van der Waals surface area contributed by atoms with Gasteiger partial charge in [0.05, 0.1) is 64.8 Å². The number of fused-ring (bicyclic) bond motifs is 5. The van der Waals surface area contributed by atoms with Crippen LogP contribution in [0.5, 0.6) is 0 Å². The van der Waals surface area contributed by atoms with E-state index in [1.807, 2.05) is 0 Å². The number of hydrogen-bond donors (Lipinski definition) is 0. The molecule has 0 aromatic heterocycles. The van der Waals surface area contributed by atoms with E-state index in [0.29, 0.717) is 5.41 Å². The van der Waals surface area contributed by atoms with Crippen molar-refractivity contribution < 1.29 is 56.9 Å². The summed E-state index contributed by atoms with van der Waals surface area (Å²) in [7, 11) is 9.79. The van der Waals surface area contributed by atoms with Gasteiger partial charge in [-0.1, -0.05) is 13.8 Å². The van der Waals surface area contributed by atoms with Crippen molar-refractivity contribution in [3.8, 4) is 6.07 Å². The SMILES string of the molecule is C[C@]12CC[C@H]3[C@@H](CC[C@@]4(C#N)CC([N+]5(C)CCCC5)CC[C@]34C)[C@@H]1CC[C@@H]2[N+](C)(C)C.[I-].[I-]. The zero-order chi connectivity index (χ0) is 22.3. The van der Waals surface area contributed by atoms with Gasteiger partial charge in [0.1, 0.15) is 0 Å². The summed E-state index contributed by atoms with van der Waals surface area (Å²) in [6.45, 7) is 7.94. The third-order valence-corrected chi connectivity index (χ3v) is 12.4. The second-order valence-corrected chi connectivity index (χ2v) is 14.3. The molecule has 5 rings (SSSR count). The zero-order valence-corrected chi connectivity index (χ0v) is 26.5.